The number of hydrogen-bond donors (Lipinski definition) is 1. The predicted octanol–water partition coefficient (Wildman–Crippen LogP) is 4.37. The fraction of sp³-hybridized carbons (Fsp3) is 0.176. The summed E-state index contributed by atoms with van der Waals surface area (Å²) in [5, 5.41) is 3.63. The second-order valence-electron chi connectivity index (χ2n) is 4.79. The van der Waals surface area contributed by atoms with Gasteiger partial charge in [-0.25, -0.2) is 4.98 Å². The van der Waals surface area contributed by atoms with Crippen LogP contribution in [0.5, 0.6) is 5.75 Å². The van der Waals surface area contributed by atoms with Crippen LogP contribution in [-0.4, -0.2) is 18.4 Å². The number of aromatic nitrogens is 1. The molecule has 0 radical (unpaired) electrons. The number of hydrogen-bond acceptors (Lipinski definition) is 4. The monoisotopic (exact) mass is 316 g/mol. The molecule has 5 heteroatoms. The van der Waals surface area contributed by atoms with Gasteiger partial charge in [0.25, 0.3) is 0 Å². The van der Waals surface area contributed by atoms with E-state index in [4.69, 9.17) is 16.3 Å². The molecule has 0 bridgehead atoms. The predicted molar refractivity (Wildman–Crippen MR) is 89.8 cm³/mol. The van der Waals surface area contributed by atoms with Crippen molar-refractivity contribution in [3.05, 3.63) is 58.8 Å². The summed E-state index contributed by atoms with van der Waals surface area (Å²) in [5.41, 5.74) is 2.41. The number of nitrogens with one attached hydrogen (secondary N) is 1. The number of benzene rings is 1. The Kier molecular flexibility index (Phi) is 5.17. The van der Waals surface area contributed by atoms with Crippen LogP contribution in [0.1, 0.15) is 34.5 Å². The summed E-state index contributed by atoms with van der Waals surface area (Å²) >= 11 is 6.14. The first-order valence-corrected chi connectivity index (χ1v) is 7.14. The van der Waals surface area contributed by atoms with Gasteiger partial charge < -0.3 is 10.1 Å². The van der Waals surface area contributed by atoms with Gasteiger partial charge in [-0.05, 0) is 30.7 Å². The molecule has 1 aromatic carbocycles. The van der Waals surface area contributed by atoms with Gasteiger partial charge in [0.05, 0.1) is 18.2 Å². The Hall–Kier alpha value is -2.33. The average molecular weight is 317 g/mol. The van der Waals surface area contributed by atoms with Crippen LogP contribution in [0.2, 0.25) is 5.02 Å². The molecule has 0 aliphatic carbocycles. The number of halogens is 1. The number of methoxy groups -OCH3 is 1. The average Bonchev–Trinajstić information content (AvgIpc) is 2.55. The first-order valence-electron chi connectivity index (χ1n) is 6.76. The molecule has 0 saturated carbocycles. The second kappa shape index (κ2) is 7.09. The van der Waals surface area contributed by atoms with Gasteiger partial charge in [-0.3, -0.25) is 4.79 Å². The maximum atomic E-state index is 10.7. The largest absolute Gasteiger partial charge is 0.496 e. The molecule has 0 fully saturated rings. The molecule has 0 aliphatic rings. The molecule has 4 nitrogen and oxygen atoms in total. The van der Waals surface area contributed by atoms with E-state index in [-0.39, 0.29) is 6.04 Å². The van der Waals surface area contributed by atoms with Gasteiger partial charge in [0.1, 0.15) is 11.6 Å². The third-order valence-electron chi connectivity index (χ3n) is 3.31. The highest BCUT2D eigenvalue weighted by molar-refractivity contribution is 6.33. The van der Waals surface area contributed by atoms with Gasteiger partial charge in [-0.15, -0.1) is 0 Å². The van der Waals surface area contributed by atoms with E-state index in [9.17, 15) is 4.79 Å². The molecule has 1 heterocycles. The quantitative estimate of drug-likeness (QED) is 0.804. The van der Waals surface area contributed by atoms with Crippen LogP contribution in [0.25, 0.3) is 6.08 Å². The molecule has 2 rings (SSSR count). The van der Waals surface area contributed by atoms with Crippen LogP contribution in [0.4, 0.5) is 5.82 Å². The summed E-state index contributed by atoms with van der Waals surface area (Å²) in [6.07, 6.45) is 3.97. The van der Waals surface area contributed by atoms with Crippen LogP contribution < -0.4 is 10.1 Å². The van der Waals surface area contributed by atoms with Crippen LogP contribution >= 0.6 is 11.6 Å². The van der Waals surface area contributed by atoms with E-state index >= 15 is 0 Å². The van der Waals surface area contributed by atoms with Gasteiger partial charge in [-0.1, -0.05) is 30.3 Å². The fourth-order valence-corrected chi connectivity index (χ4v) is 2.35. The maximum absolute atomic E-state index is 10.7. The van der Waals surface area contributed by atoms with Gasteiger partial charge in [0, 0.05) is 17.3 Å². The minimum atomic E-state index is -0.0815. The molecule has 0 amide bonds. The normalized spacial score (nSPS) is 11.6. The van der Waals surface area contributed by atoms with Crippen molar-refractivity contribution in [1.82, 2.24) is 4.98 Å². The molecule has 1 aromatic heterocycles. The highest BCUT2D eigenvalue weighted by Gasteiger charge is 2.14. The number of carbonyl (C=O) groups is 1. The third kappa shape index (κ3) is 3.46. The maximum Gasteiger partial charge on any atom is 0.151 e. The summed E-state index contributed by atoms with van der Waals surface area (Å²) in [7, 11) is 1.63. The van der Waals surface area contributed by atoms with Gasteiger partial charge in [-0.2, -0.15) is 0 Å². The van der Waals surface area contributed by atoms with E-state index in [0.29, 0.717) is 22.7 Å². The standard InChI is InChI=1S/C17H17ClN2O2/c1-4-12-5-6-16(22-3)14(7-12)11(2)20-17-15(18)8-13(10-21)9-19-17/h4-11H,1H2,2-3H3,(H,19,20). The molecular weight excluding hydrogens is 300 g/mol. The van der Waals surface area contributed by atoms with Crippen molar-refractivity contribution in [1.29, 1.82) is 0 Å². The Balaban J connectivity index is 2.30. The Morgan fingerprint density at radius 3 is 2.73 bits per heavy atom. The van der Waals surface area contributed by atoms with E-state index in [1.54, 1.807) is 19.3 Å². The lowest BCUT2D eigenvalue weighted by molar-refractivity contribution is 0.112. The summed E-state index contributed by atoms with van der Waals surface area (Å²) in [4.78, 5) is 14.9. The van der Waals surface area contributed by atoms with Gasteiger partial charge >= 0.3 is 0 Å². The summed E-state index contributed by atoms with van der Waals surface area (Å²) in [6, 6.07) is 7.33. The van der Waals surface area contributed by atoms with Crippen molar-refractivity contribution in [3.8, 4) is 5.75 Å². The fourth-order valence-electron chi connectivity index (χ4n) is 2.12. The van der Waals surface area contributed by atoms with E-state index in [2.05, 4.69) is 16.9 Å². The molecule has 0 aliphatic heterocycles. The molecule has 0 spiro atoms. The van der Waals surface area contributed by atoms with Crippen molar-refractivity contribution >= 4 is 29.8 Å². The van der Waals surface area contributed by atoms with Crippen molar-refractivity contribution < 1.29 is 9.53 Å². The second-order valence-corrected chi connectivity index (χ2v) is 5.20. The van der Waals surface area contributed by atoms with Crippen LogP contribution in [0.15, 0.2) is 37.0 Å². The number of carbonyl (C=O) groups excluding carboxylic acids is 1. The number of pyridine rings is 1. The Morgan fingerprint density at radius 1 is 1.36 bits per heavy atom. The minimum absolute atomic E-state index is 0.0815. The molecule has 1 unspecified atom stereocenters. The van der Waals surface area contributed by atoms with E-state index < -0.39 is 0 Å². The molecule has 22 heavy (non-hydrogen) atoms. The molecule has 1 atom stereocenters. The molecular formula is C17H17ClN2O2. The third-order valence-corrected chi connectivity index (χ3v) is 3.60. The smallest absolute Gasteiger partial charge is 0.151 e. The molecule has 0 saturated heterocycles. The van der Waals surface area contributed by atoms with Gasteiger partial charge in [0.15, 0.2) is 6.29 Å². The van der Waals surface area contributed by atoms with Crippen molar-refractivity contribution in [2.24, 2.45) is 0 Å². The number of anilines is 1. The SMILES string of the molecule is C=Cc1ccc(OC)c(C(C)Nc2ncc(C=O)cc2Cl)c1. The van der Waals surface area contributed by atoms with E-state index in [1.165, 1.54) is 6.20 Å². The first-order chi connectivity index (χ1) is 10.6. The summed E-state index contributed by atoms with van der Waals surface area (Å²) < 4.78 is 5.40. The van der Waals surface area contributed by atoms with Crippen molar-refractivity contribution in [3.63, 3.8) is 0 Å². The van der Waals surface area contributed by atoms with Crippen molar-refractivity contribution in [2.75, 3.05) is 12.4 Å². The zero-order chi connectivity index (χ0) is 16.1. The molecule has 2 aromatic rings. The number of nitrogens with zero attached hydrogens (tertiary/aromatic N) is 1. The van der Waals surface area contributed by atoms with Crippen LogP contribution in [0, 0.1) is 0 Å². The Labute approximate surface area is 134 Å². The zero-order valence-electron chi connectivity index (χ0n) is 12.5. The summed E-state index contributed by atoms with van der Waals surface area (Å²) in [6.45, 7) is 5.76. The Morgan fingerprint density at radius 2 is 2.14 bits per heavy atom. The van der Waals surface area contributed by atoms with Crippen LogP contribution in [0.3, 0.4) is 0 Å². The van der Waals surface area contributed by atoms with E-state index in [0.717, 1.165) is 16.9 Å². The molecule has 1 N–H and O–H groups in total. The number of aldehydes is 1. The minimum Gasteiger partial charge on any atom is -0.496 e. The lowest BCUT2D eigenvalue weighted by atomic mass is 10.0. The number of ether oxygens (including phenoxy) is 1. The van der Waals surface area contributed by atoms with E-state index in [1.807, 2.05) is 25.1 Å². The Bertz CT molecular complexity index is 701. The van der Waals surface area contributed by atoms with Crippen molar-refractivity contribution in [2.45, 2.75) is 13.0 Å². The van der Waals surface area contributed by atoms with Gasteiger partial charge in [0.2, 0.25) is 0 Å². The lowest BCUT2D eigenvalue weighted by Crippen LogP contribution is -2.10. The summed E-state index contributed by atoms with van der Waals surface area (Å²) in [5.74, 6) is 1.29. The first kappa shape index (κ1) is 16.0. The highest BCUT2D eigenvalue weighted by Crippen LogP contribution is 2.30. The lowest BCUT2D eigenvalue weighted by Gasteiger charge is -2.19. The highest BCUT2D eigenvalue weighted by atomic mass is 35.5. The zero-order valence-corrected chi connectivity index (χ0v) is 13.2. The molecule has 114 valence electrons. The number of rotatable bonds is 6. The van der Waals surface area contributed by atoms with Crippen LogP contribution in [-0.2, 0) is 0 Å². The topological polar surface area (TPSA) is 51.2 Å².